The van der Waals surface area contributed by atoms with E-state index in [1.165, 1.54) is 25.8 Å². The summed E-state index contributed by atoms with van der Waals surface area (Å²) in [5.41, 5.74) is 5.99. The molecule has 19 heavy (non-hydrogen) atoms. The SMILES string of the molecule is CCN1CCCCC1Cc1nc2n(n1)CC(N)CC2. The third-order valence-electron chi connectivity index (χ3n) is 4.51. The van der Waals surface area contributed by atoms with Crippen molar-refractivity contribution in [3.05, 3.63) is 11.6 Å². The van der Waals surface area contributed by atoms with Crippen molar-refractivity contribution in [1.29, 1.82) is 0 Å². The molecule has 2 unspecified atom stereocenters. The molecule has 2 aliphatic heterocycles. The molecule has 0 aromatic carbocycles. The highest BCUT2D eigenvalue weighted by molar-refractivity contribution is 5.00. The van der Waals surface area contributed by atoms with Crippen LogP contribution in [0.15, 0.2) is 0 Å². The van der Waals surface area contributed by atoms with Crippen molar-refractivity contribution in [1.82, 2.24) is 19.7 Å². The van der Waals surface area contributed by atoms with Gasteiger partial charge in [-0.15, -0.1) is 0 Å². The summed E-state index contributed by atoms with van der Waals surface area (Å²) in [6.45, 7) is 5.47. The van der Waals surface area contributed by atoms with Crippen LogP contribution in [0.3, 0.4) is 0 Å². The average Bonchev–Trinajstić information content (AvgIpc) is 2.80. The first-order chi connectivity index (χ1) is 9.26. The van der Waals surface area contributed by atoms with E-state index in [0.29, 0.717) is 6.04 Å². The van der Waals surface area contributed by atoms with Gasteiger partial charge in [0.05, 0.1) is 6.54 Å². The van der Waals surface area contributed by atoms with Gasteiger partial charge < -0.3 is 10.6 Å². The first-order valence-electron chi connectivity index (χ1n) is 7.68. The molecule has 2 N–H and O–H groups in total. The Morgan fingerprint density at radius 1 is 1.32 bits per heavy atom. The summed E-state index contributed by atoms with van der Waals surface area (Å²) < 4.78 is 2.03. The Hall–Kier alpha value is -0.940. The minimum absolute atomic E-state index is 0.254. The lowest BCUT2D eigenvalue weighted by atomic mass is 9.99. The van der Waals surface area contributed by atoms with Crippen LogP contribution < -0.4 is 5.73 Å². The van der Waals surface area contributed by atoms with Crippen LogP contribution in [0, 0.1) is 0 Å². The number of aryl methyl sites for hydroxylation is 1. The quantitative estimate of drug-likeness (QED) is 0.883. The molecule has 5 nitrogen and oxygen atoms in total. The van der Waals surface area contributed by atoms with Gasteiger partial charge in [0.15, 0.2) is 5.82 Å². The summed E-state index contributed by atoms with van der Waals surface area (Å²) in [5.74, 6) is 2.16. The van der Waals surface area contributed by atoms with Crippen LogP contribution in [-0.2, 0) is 19.4 Å². The molecule has 5 heteroatoms. The second-order valence-electron chi connectivity index (χ2n) is 5.91. The number of nitrogens with two attached hydrogens (primary N) is 1. The molecular weight excluding hydrogens is 238 g/mol. The molecule has 0 amide bonds. The lowest BCUT2D eigenvalue weighted by Crippen LogP contribution is -2.40. The Morgan fingerprint density at radius 3 is 3.05 bits per heavy atom. The van der Waals surface area contributed by atoms with Crippen LogP contribution in [0.4, 0.5) is 0 Å². The van der Waals surface area contributed by atoms with Crippen molar-refractivity contribution in [3.63, 3.8) is 0 Å². The highest BCUT2D eigenvalue weighted by Gasteiger charge is 2.24. The molecule has 1 aromatic heterocycles. The zero-order valence-corrected chi connectivity index (χ0v) is 11.9. The molecule has 1 fully saturated rings. The van der Waals surface area contributed by atoms with Crippen molar-refractivity contribution in [3.8, 4) is 0 Å². The lowest BCUT2D eigenvalue weighted by Gasteiger charge is -2.34. The number of hydrogen-bond acceptors (Lipinski definition) is 4. The summed E-state index contributed by atoms with van der Waals surface area (Å²) in [6, 6.07) is 0.890. The zero-order chi connectivity index (χ0) is 13.2. The highest BCUT2D eigenvalue weighted by atomic mass is 15.4. The van der Waals surface area contributed by atoms with E-state index in [2.05, 4.69) is 16.9 Å². The van der Waals surface area contributed by atoms with Crippen LogP contribution in [0.2, 0.25) is 0 Å². The predicted molar refractivity (Wildman–Crippen MR) is 74.9 cm³/mol. The molecular formula is C14H25N5. The van der Waals surface area contributed by atoms with E-state index in [1.54, 1.807) is 0 Å². The number of hydrogen-bond donors (Lipinski definition) is 1. The fourth-order valence-corrected chi connectivity index (χ4v) is 3.39. The van der Waals surface area contributed by atoms with E-state index in [9.17, 15) is 0 Å². The number of aromatic nitrogens is 3. The van der Waals surface area contributed by atoms with Crippen LogP contribution in [0.25, 0.3) is 0 Å². The van der Waals surface area contributed by atoms with Crippen molar-refractivity contribution >= 4 is 0 Å². The number of fused-ring (bicyclic) bond motifs is 1. The van der Waals surface area contributed by atoms with Gasteiger partial charge in [0, 0.05) is 24.9 Å². The number of likely N-dealkylation sites (N-methyl/N-ethyl adjacent to an activating group) is 1. The molecule has 0 aliphatic carbocycles. The molecule has 2 atom stereocenters. The Balaban J connectivity index is 1.69. The molecule has 106 valence electrons. The molecule has 1 saturated heterocycles. The van der Waals surface area contributed by atoms with E-state index in [-0.39, 0.29) is 6.04 Å². The molecule has 1 aromatic rings. The molecule has 0 radical (unpaired) electrons. The lowest BCUT2D eigenvalue weighted by molar-refractivity contribution is 0.153. The second-order valence-corrected chi connectivity index (χ2v) is 5.91. The minimum atomic E-state index is 0.254. The first kappa shape index (κ1) is 13.1. The van der Waals surface area contributed by atoms with Gasteiger partial charge >= 0.3 is 0 Å². The molecule has 0 spiro atoms. The summed E-state index contributed by atoms with van der Waals surface area (Å²) >= 11 is 0. The van der Waals surface area contributed by atoms with Gasteiger partial charge in [-0.2, -0.15) is 5.10 Å². The van der Waals surface area contributed by atoms with Gasteiger partial charge in [0.1, 0.15) is 5.82 Å². The summed E-state index contributed by atoms with van der Waals surface area (Å²) in [5, 5.41) is 4.66. The average molecular weight is 263 g/mol. The Bertz CT molecular complexity index is 427. The Labute approximate surface area is 115 Å². The summed E-state index contributed by atoms with van der Waals surface area (Å²) in [4.78, 5) is 7.30. The van der Waals surface area contributed by atoms with E-state index in [4.69, 9.17) is 10.7 Å². The highest BCUT2D eigenvalue weighted by Crippen LogP contribution is 2.20. The van der Waals surface area contributed by atoms with Crippen LogP contribution in [-0.4, -0.2) is 44.8 Å². The van der Waals surface area contributed by atoms with Gasteiger partial charge in [-0.1, -0.05) is 13.3 Å². The normalized spacial score (nSPS) is 28.3. The molecule has 3 rings (SSSR count). The Kier molecular flexibility index (Phi) is 3.84. The Morgan fingerprint density at radius 2 is 2.21 bits per heavy atom. The third-order valence-corrected chi connectivity index (χ3v) is 4.51. The van der Waals surface area contributed by atoms with Gasteiger partial charge in [-0.25, -0.2) is 9.67 Å². The maximum atomic E-state index is 5.99. The maximum Gasteiger partial charge on any atom is 0.152 e. The van der Waals surface area contributed by atoms with E-state index in [0.717, 1.165) is 44.0 Å². The fourth-order valence-electron chi connectivity index (χ4n) is 3.39. The summed E-state index contributed by atoms with van der Waals surface area (Å²) in [6.07, 6.45) is 7.01. The number of piperidine rings is 1. The molecule has 2 aliphatic rings. The van der Waals surface area contributed by atoms with Gasteiger partial charge in [-0.3, -0.25) is 0 Å². The smallest absolute Gasteiger partial charge is 0.152 e. The maximum absolute atomic E-state index is 5.99. The first-order valence-corrected chi connectivity index (χ1v) is 7.68. The fraction of sp³-hybridized carbons (Fsp3) is 0.857. The number of nitrogens with zero attached hydrogens (tertiary/aromatic N) is 4. The van der Waals surface area contributed by atoms with Crippen molar-refractivity contribution in [2.45, 2.75) is 64.1 Å². The largest absolute Gasteiger partial charge is 0.326 e. The third kappa shape index (κ3) is 2.82. The number of likely N-dealkylation sites (tertiary alicyclic amines) is 1. The molecule has 0 saturated carbocycles. The minimum Gasteiger partial charge on any atom is -0.326 e. The van der Waals surface area contributed by atoms with Crippen LogP contribution >= 0.6 is 0 Å². The van der Waals surface area contributed by atoms with Crippen molar-refractivity contribution in [2.24, 2.45) is 5.73 Å². The van der Waals surface area contributed by atoms with E-state index < -0.39 is 0 Å². The monoisotopic (exact) mass is 263 g/mol. The van der Waals surface area contributed by atoms with Gasteiger partial charge in [0.25, 0.3) is 0 Å². The second kappa shape index (κ2) is 5.59. The summed E-state index contributed by atoms with van der Waals surface area (Å²) in [7, 11) is 0. The van der Waals surface area contributed by atoms with E-state index in [1.807, 2.05) is 4.68 Å². The predicted octanol–water partition coefficient (Wildman–Crippen LogP) is 0.968. The van der Waals surface area contributed by atoms with Gasteiger partial charge in [-0.05, 0) is 32.4 Å². The van der Waals surface area contributed by atoms with E-state index >= 15 is 0 Å². The zero-order valence-electron chi connectivity index (χ0n) is 11.9. The molecule has 3 heterocycles. The molecule has 0 bridgehead atoms. The topological polar surface area (TPSA) is 60.0 Å². The van der Waals surface area contributed by atoms with Gasteiger partial charge in [0.2, 0.25) is 0 Å². The van der Waals surface area contributed by atoms with Crippen LogP contribution in [0.1, 0.15) is 44.3 Å². The number of rotatable bonds is 3. The van der Waals surface area contributed by atoms with Crippen LogP contribution in [0.5, 0.6) is 0 Å². The standard InChI is InChI=1S/C14H25N5/c1-2-18-8-4-3-5-12(18)9-13-16-14-7-6-11(15)10-19(14)17-13/h11-12H,2-10,15H2,1H3. The van der Waals surface area contributed by atoms with Crippen molar-refractivity contribution in [2.75, 3.05) is 13.1 Å². The van der Waals surface area contributed by atoms with Crippen molar-refractivity contribution < 1.29 is 0 Å².